The van der Waals surface area contributed by atoms with Crippen molar-refractivity contribution in [3.8, 4) is 0 Å². The summed E-state index contributed by atoms with van der Waals surface area (Å²) in [5.41, 5.74) is 0. The Morgan fingerprint density at radius 3 is 1.70 bits per heavy atom. The van der Waals surface area contributed by atoms with E-state index in [4.69, 9.17) is 18.9 Å². The second-order valence-electron chi connectivity index (χ2n) is 6.44. The fourth-order valence-corrected chi connectivity index (χ4v) is 2.51. The number of hydrogen-bond acceptors (Lipinski definition) is 4. The summed E-state index contributed by atoms with van der Waals surface area (Å²) in [7, 11) is 0. The molecule has 1 rings (SSSR count). The lowest BCUT2D eigenvalue weighted by molar-refractivity contribution is 0.0112. The van der Waals surface area contributed by atoms with Crippen molar-refractivity contribution in [3.05, 3.63) is 0 Å². The fraction of sp³-hybridized carbons (Fsp3) is 1.00. The zero-order valence-electron chi connectivity index (χ0n) is 15.2. The van der Waals surface area contributed by atoms with Gasteiger partial charge in [-0.05, 0) is 6.42 Å². The molecule has 138 valence electrons. The first-order valence-corrected chi connectivity index (χ1v) is 9.78. The van der Waals surface area contributed by atoms with Crippen molar-refractivity contribution in [1.82, 2.24) is 0 Å². The van der Waals surface area contributed by atoms with E-state index >= 15 is 0 Å². The highest BCUT2D eigenvalue weighted by atomic mass is 16.6. The van der Waals surface area contributed by atoms with Crippen LogP contribution in [0.5, 0.6) is 0 Å². The van der Waals surface area contributed by atoms with E-state index in [0.717, 1.165) is 13.2 Å². The minimum Gasteiger partial charge on any atom is -0.379 e. The van der Waals surface area contributed by atoms with Crippen LogP contribution in [-0.4, -0.2) is 52.4 Å². The van der Waals surface area contributed by atoms with Crippen LogP contribution >= 0.6 is 0 Å². The Kier molecular flexibility index (Phi) is 15.2. The van der Waals surface area contributed by atoms with E-state index in [1.54, 1.807) is 0 Å². The second kappa shape index (κ2) is 16.7. The molecule has 0 aromatic rings. The van der Waals surface area contributed by atoms with Crippen molar-refractivity contribution >= 4 is 0 Å². The average molecular weight is 331 g/mol. The molecule has 0 radical (unpaired) electrons. The van der Waals surface area contributed by atoms with Gasteiger partial charge in [0.25, 0.3) is 0 Å². The van der Waals surface area contributed by atoms with Gasteiger partial charge in [0.1, 0.15) is 6.10 Å². The van der Waals surface area contributed by atoms with Crippen LogP contribution < -0.4 is 0 Å². The van der Waals surface area contributed by atoms with Crippen molar-refractivity contribution < 1.29 is 18.9 Å². The van der Waals surface area contributed by atoms with Gasteiger partial charge in [0.05, 0.1) is 39.6 Å². The first-order valence-electron chi connectivity index (χ1n) is 9.78. The summed E-state index contributed by atoms with van der Waals surface area (Å²) in [5, 5.41) is 0. The van der Waals surface area contributed by atoms with Crippen LogP contribution in [0.15, 0.2) is 0 Å². The molecule has 1 unspecified atom stereocenters. The van der Waals surface area contributed by atoms with Gasteiger partial charge in [0.15, 0.2) is 0 Å². The summed E-state index contributed by atoms with van der Waals surface area (Å²) < 4.78 is 21.5. The number of hydrogen-bond donors (Lipinski definition) is 0. The number of rotatable bonds is 19. The molecule has 0 aromatic heterocycles. The largest absolute Gasteiger partial charge is 0.379 e. The normalized spacial score (nSPS) is 16.8. The molecule has 0 spiro atoms. The zero-order valence-corrected chi connectivity index (χ0v) is 15.2. The van der Waals surface area contributed by atoms with Gasteiger partial charge in [-0.2, -0.15) is 0 Å². The predicted molar refractivity (Wildman–Crippen MR) is 94.0 cm³/mol. The highest BCUT2D eigenvalue weighted by molar-refractivity contribution is 4.66. The lowest BCUT2D eigenvalue weighted by Gasteiger charge is -2.06. The summed E-state index contributed by atoms with van der Waals surface area (Å²) in [6.45, 7) is 7.37. The third-order valence-electron chi connectivity index (χ3n) is 4.09. The molecule has 0 amide bonds. The predicted octanol–water partition coefficient (Wildman–Crippen LogP) is 4.36. The molecule has 23 heavy (non-hydrogen) atoms. The maximum absolute atomic E-state index is 5.57. The number of ether oxygens (including phenoxy) is 4. The van der Waals surface area contributed by atoms with Crippen LogP contribution in [0.3, 0.4) is 0 Å². The van der Waals surface area contributed by atoms with Crippen LogP contribution in [0.2, 0.25) is 0 Å². The van der Waals surface area contributed by atoms with Crippen molar-refractivity contribution in [2.45, 2.75) is 77.2 Å². The van der Waals surface area contributed by atoms with Gasteiger partial charge < -0.3 is 18.9 Å². The summed E-state index contributed by atoms with van der Waals surface area (Å²) in [4.78, 5) is 0. The molecule has 0 aromatic carbocycles. The smallest absolute Gasteiger partial charge is 0.104 e. The van der Waals surface area contributed by atoms with Gasteiger partial charge in [0.2, 0.25) is 0 Å². The second-order valence-corrected chi connectivity index (χ2v) is 6.44. The van der Waals surface area contributed by atoms with Crippen LogP contribution in [0.4, 0.5) is 0 Å². The van der Waals surface area contributed by atoms with E-state index in [-0.39, 0.29) is 0 Å². The van der Waals surface area contributed by atoms with Crippen molar-refractivity contribution in [3.63, 3.8) is 0 Å². The molecular weight excluding hydrogens is 292 g/mol. The molecule has 1 aliphatic rings. The highest BCUT2D eigenvalue weighted by Gasteiger charge is 2.21. The molecule has 0 bridgehead atoms. The lowest BCUT2D eigenvalue weighted by atomic mass is 10.1. The summed E-state index contributed by atoms with van der Waals surface area (Å²) >= 11 is 0. The molecule has 1 saturated heterocycles. The molecule has 1 atom stereocenters. The van der Waals surface area contributed by atoms with Crippen molar-refractivity contribution in [1.29, 1.82) is 0 Å². The molecule has 4 heteroatoms. The SMILES string of the molecule is CCCCCCCCCCCCOCCOCCOCC1CO1. The Morgan fingerprint density at radius 2 is 1.13 bits per heavy atom. The molecule has 0 aliphatic carbocycles. The molecule has 1 heterocycles. The highest BCUT2D eigenvalue weighted by Crippen LogP contribution is 2.10. The van der Waals surface area contributed by atoms with Gasteiger partial charge in [-0.15, -0.1) is 0 Å². The number of unbranched alkanes of at least 4 members (excludes halogenated alkanes) is 9. The van der Waals surface area contributed by atoms with E-state index in [2.05, 4.69) is 6.92 Å². The van der Waals surface area contributed by atoms with E-state index in [1.807, 2.05) is 0 Å². The minimum atomic E-state index is 0.347. The Labute approximate surface area is 143 Å². The van der Waals surface area contributed by atoms with Crippen molar-refractivity contribution in [2.24, 2.45) is 0 Å². The molecule has 1 aliphatic heterocycles. The van der Waals surface area contributed by atoms with Gasteiger partial charge in [-0.25, -0.2) is 0 Å². The van der Waals surface area contributed by atoms with Crippen molar-refractivity contribution in [2.75, 3.05) is 46.2 Å². The fourth-order valence-electron chi connectivity index (χ4n) is 2.51. The maximum Gasteiger partial charge on any atom is 0.104 e. The molecule has 0 saturated carbocycles. The first kappa shape index (κ1) is 20.9. The Morgan fingerprint density at radius 1 is 0.652 bits per heavy atom. The first-order chi connectivity index (χ1) is 11.4. The van der Waals surface area contributed by atoms with Crippen LogP contribution in [0.25, 0.3) is 0 Å². The van der Waals surface area contributed by atoms with Gasteiger partial charge in [-0.3, -0.25) is 0 Å². The van der Waals surface area contributed by atoms with Gasteiger partial charge >= 0.3 is 0 Å². The Bertz CT molecular complexity index is 231. The van der Waals surface area contributed by atoms with Crippen LogP contribution in [0.1, 0.15) is 71.1 Å². The maximum atomic E-state index is 5.57. The summed E-state index contributed by atoms with van der Waals surface area (Å²) in [6, 6.07) is 0. The molecule has 0 N–H and O–H groups in total. The monoisotopic (exact) mass is 330 g/mol. The molecule has 1 fully saturated rings. The average Bonchev–Trinajstić information content (AvgIpc) is 3.38. The third kappa shape index (κ3) is 16.5. The van der Waals surface area contributed by atoms with Gasteiger partial charge in [-0.1, -0.05) is 64.7 Å². The Balaban J connectivity index is 1.59. The third-order valence-corrected chi connectivity index (χ3v) is 4.09. The topological polar surface area (TPSA) is 40.2 Å². The van der Waals surface area contributed by atoms with E-state index in [0.29, 0.717) is 39.1 Å². The quantitative estimate of drug-likeness (QED) is 0.261. The van der Waals surface area contributed by atoms with E-state index < -0.39 is 0 Å². The zero-order chi connectivity index (χ0) is 16.4. The summed E-state index contributed by atoms with van der Waals surface area (Å²) in [6.07, 6.45) is 14.0. The Hall–Kier alpha value is -0.160. The minimum absolute atomic E-state index is 0.347. The molecule has 4 nitrogen and oxygen atoms in total. The molecular formula is C19H38O4. The lowest BCUT2D eigenvalue weighted by Crippen LogP contribution is -2.11. The van der Waals surface area contributed by atoms with Crippen LogP contribution in [0, 0.1) is 0 Å². The number of epoxide rings is 1. The van der Waals surface area contributed by atoms with Gasteiger partial charge in [0, 0.05) is 6.61 Å². The van der Waals surface area contributed by atoms with Crippen LogP contribution in [-0.2, 0) is 18.9 Å². The standard InChI is InChI=1S/C19H38O4/c1-2-3-4-5-6-7-8-9-10-11-12-20-13-14-21-15-16-22-17-19-18-23-19/h19H,2-18H2,1H3. The van der Waals surface area contributed by atoms with E-state index in [1.165, 1.54) is 64.2 Å². The van der Waals surface area contributed by atoms with E-state index in [9.17, 15) is 0 Å². The summed E-state index contributed by atoms with van der Waals surface area (Å²) in [5.74, 6) is 0.